The first-order valence-corrected chi connectivity index (χ1v) is 24.4. The van der Waals surface area contributed by atoms with Gasteiger partial charge in [0, 0.05) is 66.8 Å². The predicted molar refractivity (Wildman–Crippen MR) is 292 cm³/mol. The van der Waals surface area contributed by atoms with Crippen LogP contribution in [0.1, 0.15) is 58.2 Å². The van der Waals surface area contributed by atoms with E-state index in [1.807, 2.05) is 12.1 Å². The highest BCUT2D eigenvalue weighted by molar-refractivity contribution is 7.00. The van der Waals surface area contributed by atoms with Gasteiger partial charge in [-0.05, 0) is 123 Å². The van der Waals surface area contributed by atoms with Crippen molar-refractivity contribution >= 4 is 123 Å². The second-order valence-corrected chi connectivity index (χ2v) is 21.7. The molecule has 0 N–H and O–H groups in total. The predicted octanol–water partition coefficient (Wildman–Crippen LogP) is 14.6. The minimum absolute atomic E-state index is 0.0131. The van der Waals surface area contributed by atoms with E-state index in [0.717, 1.165) is 67.4 Å². The van der Waals surface area contributed by atoms with Gasteiger partial charge < -0.3 is 23.4 Å². The molecule has 9 aromatic carbocycles. The molecule has 3 aromatic heterocycles. The minimum atomic E-state index is -0.136. The third-order valence-electron chi connectivity index (χ3n) is 15.7. The van der Waals surface area contributed by atoms with Crippen LogP contribution in [0.15, 0.2) is 174 Å². The van der Waals surface area contributed by atoms with Gasteiger partial charge in [-0.1, -0.05) is 120 Å². The number of para-hydroxylation sites is 4. The molecule has 0 unspecified atom stereocenters. The maximum atomic E-state index is 11.0. The first kappa shape index (κ1) is 39.5. The minimum Gasteiger partial charge on any atom is -0.456 e. The second-order valence-electron chi connectivity index (χ2n) is 21.7. The highest BCUT2D eigenvalue weighted by Gasteiger charge is 2.46. The zero-order valence-electron chi connectivity index (χ0n) is 39.9. The third kappa shape index (κ3) is 5.12. The highest BCUT2D eigenvalue weighted by Crippen LogP contribution is 2.53. The SMILES string of the molecule is CC(C)(C)c1ccc2c(c1)c1cc(C(C)(C)C)ccc1n2-c1ccc2c(c1)N(c1ccc3c(c1)oc1ccccc13)c1cc(C#N)cc3c1B2c1cccc2c1N3c1cccc3c4ccccc4n-2c13. The van der Waals surface area contributed by atoms with E-state index in [9.17, 15) is 5.26 Å². The summed E-state index contributed by atoms with van der Waals surface area (Å²) in [4.78, 5) is 4.86. The normalized spacial score (nSPS) is 13.8. The zero-order valence-corrected chi connectivity index (χ0v) is 39.9. The van der Waals surface area contributed by atoms with Crippen molar-refractivity contribution < 1.29 is 4.42 Å². The number of rotatable bonds is 2. The Hall–Kier alpha value is -8.47. The summed E-state index contributed by atoms with van der Waals surface area (Å²) in [7, 11) is 0. The molecule has 0 aliphatic carbocycles. The quantitative estimate of drug-likeness (QED) is 0.162. The first-order valence-electron chi connectivity index (χ1n) is 24.4. The smallest absolute Gasteiger partial charge is 0.252 e. The van der Waals surface area contributed by atoms with Gasteiger partial charge >= 0.3 is 0 Å². The molecule has 12 aromatic rings. The number of hydrogen-bond acceptors (Lipinski definition) is 4. The fourth-order valence-corrected chi connectivity index (χ4v) is 12.4. The summed E-state index contributed by atoms with van der Waals surface area (Å²) < 4.78 is 11.6. The molecule has 15 rings (SSSR count). The molecule has 332 valence electrons. The Kier molecular flexibility index (Phi) is 7.57. The molecule has 0 spiro atoms. The van der Waals surface area contributed by atoms with Crippen LogP contribution in [0.5, 0.6) is 0 Å². The van der Waals surface area contributed by atoms with Crippen LogP contribution in [0.25, 0.3) is 76.9 Å². The van der Waals surface area contributed by atoms with Crippen molar-refractivity contribution in [1.29, 1.82) is 5.26 Å². The van der Waals surface area contributed by atoms with Gasteiger partial charge in [0.05, 0.1) is 50.8 Å². The lowest BCUT2D eigenvalue weighted by atomic mass is 9.33. The molecule has 0 atom stereocenters. The van der Waals surface area contributed by atoms with Crippen LogP contribution in [0.2, 0.25) is 0 Å². The van der Waals surface area contributed by atoms with Crippen molar-refractivity contribution in [2.45, 2.75) is 52.4 Å². The van der Waals surface area contributed by atoms with Crippen molar-refractivity contribution in [2.24, 2.45) is 0 Å². The van der Waals surface area contributed by atoms with E-state index in [0.29, 0.717) is 5.56 Å². The Morgan fingerprint density at radius 1 is 0.443 bits per heavy atom. The number of aromatic nitrogens is 2. The number of anilines is 6. The first-order chi connectivity index (χ1) is 33.9. The van der Waals surface area contributed by atoms with Gasteiger partial charge in [0.25, 0.3) is 6.71 Å². The van der Waals surface area contributed by atoms with Gasteiger partial charge in [0.15, 0.2) is 0 Å². The molecule has 0 saturated carbocycles. The van der Waals surface area contributed by atoms with Crippen molar-refractivity contribution in [3.63, 3.8) is 0 Å². The van der Waals surface area contributed by atoms with Gasteiger partial charge in [-0.2, -0.15) is 5.26 Å². The summed E-state index contributed by atoms with van der Waals surface area (Å²) in [5.41, 5.74) is 21.7. The Morgan fingerprint density at radius 2 is 1.07 bits per heavy atom. The monoisotopic (exact) mass is 899 g/mol. The Bertz CT molecular complexity index is 4300. The van der Waals surface area contributed by atoms with Crippen molar-refractivity contribution in [3.05, 3.63) is 187 Å². The van der Waals surface area contributed by atoms with E-state index >= 15 is 0 Å². The maximum absolute atomic E-state index is 11.0. The number of fused-ring (bicyclic) bond motifs is 15. The average Bonchev–Trinajstić information content (AvgIpc) is 4.03. The van der Waals surface area contributed by atoms with E-state index in [-0.39, 0.29) is 17.5 Å². The molecule has 6 heterocycles. The molecule has 0 fully saturated rings. The molecule has 70 heavy (non-hydrogen) atoms. The molecule has 0 bridgehead atoms. The summed E-state index contributed by atoms with van der Waals surface area (Å²) in [6.07, 6.45) is 0. The number of nitriles is 1. The summed E-state index contributed by atoms with van der Waals surface area (Å²) in [6, 6.07) is 65.2. The second kappa shape index (κ2) is 13.4. The largest absolute Gasteiger partial charge is 0.456 e. The third-order valence-corrected chi connectivity index (χ3v) is 15.7. The van der Waals surface area contributed by atoms with E-state index in [1.54, 1.807) is 0 Å². The van der Waals surface area contributed by atoms with Gasteiger partial charge in [-0.3, -0.25) is 0 Å². The molecule has 0 amide bonds. The number of benzene rings is 9. The van der Waals surface area contributed by atoms with Crippen LogP contribution in [0.3, 0.4) is 0 Å². The fraction of sp³-hybridized carbons (Fsp3) is 0.127. The Labute approximate surface area is 405 Å². The van der Waals surface area contributed by atoms with Gasteiger partial charge in [0.2, 0.25) is 0 Å². The zero-order chi connectivity index (χ0) is 47.1. The van der Waals surface area contributed by atoms with Crippen LogP contribution >= 0.6 is 0 Å². The number of nitrogens with zero attached hydrogens (tertiary/aromatic N) is 5. The van der Waals surface area contributed by atoms with E-state index in [4.69, 9.17) is 4.42 Å². The summed E-state index contributed by atoms with van der Waals surface area (Å²) in [5, 5.41) is 18.2. The van der Waals surface area contributed by atoms with E-state index in [1.165, 1.54) is 71.1 Å². The van der Waals surface area contributed by atoms with E-state index in [2.05, 4.69) is 224 Å². The summed E-state index contributed by atoms with van der Waals surface area (Å²) >= 11 is 0. The lowest BCUT2D eigenvalue weighted by Gasteiger charge is -2.46. The summed E-state index contributed by atoms with van der Waals surface area (Å²) in [6.45, 7) is 13.6. The lowest BCUT2D eigenvalue weighted by Crippen LogP contribution is -2.61. The molecule has 0 radical (unpaired) electrons. The molecule has 3 aliphatic rings. The molecule has 0 saturated heterocycles. The maximum Gasteiger partial charge on any atom is 0.252 e. The number of furan rings is 1. The van der Waals surface area contributed by atoms with Crippen LogP contribution in [-0.2, 0) is 10.8 Å². The van der Waals surface area contributed by atoms with Crippen LogP contribution in [0.4, 0.5) is 34.1 Å². The van der Waals surface area contributed by atoms with Crippen LogP contribution in [-0.4, -0.2) is 15.8 Å². The number of hydrogen-bond donors (Lipinski definition) is 0. The molecular weight excluding hydrogens is 854 g/mol. The molecular formula is C63H46BN5O. The fourth-order valence-electron chi connectivity index (χ4n) is 12.4. The summed E-state index contributed by atoms with van der Waals surface area (Å²) in [5.74, 6) is 0. The van der Waals surface area contributed by atoms with E-state index < -0.39 is 0 Å². The Balaban J connectivity index is 1.05. The van der Waals surface area contributed by atoms with Gasteiger partial charge in [0.1, 0.15) is 11.2 Å². The van der Waals surface area contributed by atoms with Gasteiger partial charge in [-0.15, -0.1) is 0 Å². The van der Waals surface area contributed by atoms with Crippen LogP contribution in [0, 0.1) is 11.3 Å². The van der Waals surface area contributed by atoms with Crippen LogP contribution < -0.4 is 26.2 Å². The average molecular weight is 900 g/mol. The van der Waals surface area contributed by atoms with Crippen molar-refractivity contribution in [3.8, 4) is 17.4 Å². The molecule has 6 nitrogen and oxygen atoms in total. The lowest BCUT2D eigenvalue weighted by molar-refractivity contribution is 0.590. The van der Waals surface area contributed by atoms with Crippen molar-refractivity contribution in [2.75, 3.05) is 9.80 Å². The molecule has 7 heteroatoms. The van der Waals surface area contributed by atoms with Crippen molar-refractivity contribution in [1.82, 2.24) is 9.13 Å². The standard InChI is InChI=1S/C63H46BN5O/c1-62(2,3)37-21-27-50-45(31-37)46-32-38(63(4,5)6)22-28-51(46)66(50)39-24-26-47-54(33-39)67(40-23-25-43-42-14-8-10-20-57(42)70-58(43)34-40)55-29-36(35-65)30-56-59(55)64(47)48-16-12-19-53-61(48)69(56)52-18-11-15-44-41-13-7-9-17-49(41)68(53)60(44)52/h7-34H,1-6H3. The molecule has 3 aliphatic heterocycles. The Morgan fingerprint density at radius 3 is 1.81 bits per heavy atom. The highest BCUT2D eigenvalue weighted by atomic mass is 16.3. The topological polar surface area (TPSA) is 53.3 Å². The van der Waals surface area contributed by atoms with Gasteiger partial charge in [-0.25, -0.2) is 0 Å².